The summed E-state index contributed by atoms with van der Waals surface area (Å²) in [5.41, 5.74) is 3.89. The van der Waals surface area contributed by atoms with E-state index in [0.717, 1.165) is 35.4 Å². The third-order valence-corrected chi connectivity index (χ3v) is 5.60. The number of amides is 3. The van der Waals surface area contributed by atoms with Crippen LogP contribution in [0.4, 0.5) is 5.69 Å². The number of nitrogens with zero attached hydrogens (tertiary/aromatic N) is 2. The van der Waals surface area contributed by atoms with E-state index in [9.17, 15) is 14.4 Å². The molecule has 0 saturated carbocycles. The van der Waals surface area contributed by atoms with Crippen molar-refractivity contribution >= 4 is 23.4 Å². The minimum atomic E-state index is -0.270. The van der Waals surface area contributed by atoms with Gasteiger partial charge in [-0.1, -0.05) is 11.6 Å². The Bertz CT molecular complexity index is 998. The van der Waals surface area contributed by atoms with Gasteiger partial charge in [-0.05, 0) is 62.1 Å². The topological polar surface area (TPSA) is 66.9 Å². The lowest BCUT2D eigenvalue weighted by atomic mass is 10.0. The van der Waals surface area contributed by atoms with E-state index in [-0.39, 0.29) is 30.7 Å². The van der Waals surface area contributed by atoms with Crippen molar-refractivity contribution < 1.29 is 19.1 Å². The van der Waals surface area contributed by atoms with Gasteiger partial charge in [0, 0.05) is 25.2 Å². The first-order valence-corrected chi connectivity index (χ1v) is 9.93. The lowest BCUT2D eigenvalue weighted by molar-refractivity contribution is -0.118. The highest BCUT2D eigenvalue weighted by molar-refractivity contribution is 6.21. The number of carbonyl (C=O) groups is 3. The Kier molecular flexibility index (Phi) is 5.09. The van der Waals surface area contributed by atoms with Gasteiger partial charge >= 0.3 is 0 Å². The fraction of sp³-hybridized carbons (Fsp3) is 0.348. The SMILES string of the molecule is COc1ccc2c(c1)CCCN2C(=O)CCCN1C(=O)c2ccc(C)cc2C1=O. The summed E-state index contributed by atoms with van der Waals surface area (Å²) in [5.74, 6) is 0.270. The fourth-order valence-electron chi connectivity index (χ4n) is 4.09. The van der Waals surface area contributed by atoms with E-state index in [1.165, 1.54) is 4.90 Å². The van der Waals surface area contributed by atoms with Crippen LogP contribution in [0.5, 0.6) is 5.75 Å². The van der Waals surface area contributed by atoms with Gasteiger partial charge in [0.1, 0.15) is 5.75 Å². The number of fused-ring (bicyclic) bond motifs is 2. The van der Waals surface area contributed by atoms with Crippen LogP contribution in [-0.4, -0.2) is 42.8 Å². The van der Waals surface area contributed by atoms with Gasteiger partial charge in [0.05, 0.1) is 18.2 Å². The first-order valence-electron chi connectivity index (χ1n) is 9.93. The van der Waals surface area contributed by atoms with Crippen LogP contribution < -0.4 is 9.64 Å². The summed E-state index contributed by atoms with van der Waals surface area (Å²) in [6.45, 7) is 2.83. The number of anilines is 1. The molecule has 0 radical (unpaired) electrons. The monoisotopic (exact) mass is 392 g/mol. The molecule has 0 bridgehead atoms. The molecule has 0 aromatic heterocycles. The molecule has 2 aliphatic rings. The zero-order valence-corrected chi connectivity index (χ0v) is 16.7. The number of methoxy groups -OCH3 is 1. The molecular formula is C23H24N2O4. The van der Waals surface area contributed by atoms with Crippen molar-refractivity contribution in [2.45, 2.75) is 32.6 Å². The Hall–Kier alpha value is -3.15. The Balaban J connectivity index is 1.39. The van der Waals surface area contributed by atoms with E-state index < -0.39 is 0 Å². The van der Waals surface area contributed by atoms with E-state index in [1.54, 1.807) is 19.2 Å². The number of imide groups is 1. The predicted octanol–water partition coefficient (Wildman–Crippen LogP) is 3.36. The number of hydrogen-bond donors (Lipinski definition) is 0. The van der Waals surface area contributed by atoms with E-state index in [4.69, 9.17) is 4.74 Å². The van der Waals surface area contributed by atoms with Crippen LogP contribution in [0, 0.1) is 6.92 Å². The van der Waals surface area contributed by atoms with Crippen LogP contribution in [0.2, 0.25) is 0 Å². The quantitative estimate of drug-likeness (QED) is 0.732. The summed E-state index contributed by atoms with van der Waals surface area (Å²) in [4.78, 5) is 41.0. The summed E-state index contributed by atoms with van der Waals surface area (Å²) < 4.78 is 5.28. The van der Waals surface area contributed by atoms with Crippen LogP contribution in [0.15, 0.2) is 36.4 Å². The molecule has 150 valence electrons. The molecule has 0 N–H and O–H groups in total. The van der Waals surface area contributed by atoms with Crippen LogP contribution >= 0.6 is 0 Å². The van der Waals surface area contributed by atoms with Gasteiger partial charge in [0.2, 0.25) is 5.91 Å². The molecule has 0 spiro atoms. The maximum Gasteiger partial charge on any atom is 0.261 e. The molecule has 2 aromatic rings. The van der Waals surface area contributed by atoms with E-state index in [2.05, 4.69) is 0 Å². The number of ether oxygens (including phenoxy) is 1. The van der Waals surface area contributed by atoms with Crippen molar-refractivity contribution in [2.24, 2.45) is 0 Å². The molecular weight excluding hydrogens is 368 g/mol. The van der Waals surface area contributed by atoms with Crippen LogP contribution in [0.3, 0.4) is 0 Å². The standard InChI is InChI=1S/C23H24N2O4/c1-15-7-9-18-19(13-15)23(28)25(22(18)27)12-4-6-21(26)24-11-3-5-16-14-17(29-2)8-10-20(16)24/h7-10,13-14H,3-6,11-12H2,1-2H3. The number of carbonyl (C=O) groups excluding carboxylic acids is 3. The van der Waals surface area contributed by atoms with Gasteiger partial charge in [-0.15, -0.1) is 0 Å². The number of aryl methyl sites for hydroxylation is 2. The Morgan fingerprint density at radius 1 is 1.07 bits per heavy atom. The average Bonchev–Trinajstić information content (AvgIpc) is 2.96. The van der Waals surface area contributed by atoms with Crippen molar-refractivity contribution in [3.63, 3.8) is 0 Å². The number of benzene rings is 2. The van der Waals surface area contributed by atoms with Gasteiger partial charge in [-0.25, -0.2) is 0 Å². The van der Waals surface area contributed by atoms with Crippen molar-refractivity contribution in [3.05, 3.63) is 58.7 Å². The Morgan fingerprint density at radius 2 is 1.86 bits per heavy atom. The maximum atomic E-state index is 12.8. The zero-order valence-electron chi connectivity index (χ0n) is 16.7. The van der Waals surface area contributed by atoms with Gasteiger partial charge in [0.15, 0.2) is 0 Å². The van der Waals surface area contributed by atoms with Crippen molar-refractivity contribution in [1.82, 2.24) is 4.90 Å². The summed E-state index contributed by atoms with van der Waals surface area (Å²) in [6, 6.07) is 11.1. The number of hydrogen-bond acceptors (Lipinski definition) is 4. The Labute approximate surface area is 170 Å². The molecule has 2 aromatic carbocycles. The lowest BCUT2D eigenvalue weighted by Gasteiger charge is -2.30. The maximum absolute atomic E-state index is 12.8. The third-order valence-electron chi connectivity index (χ3n) is 5.60. The molecule has 2 aliphatic heterocycles. The molecule has 0 aliphatic carbocycles. The normalized spacial score (nSPS) is 15.4. The third kappa shape index (κ3) is 3.50. The second-order valence-corrected chi connectivity index (χ2v) is 7.56. The first kappa shape index (κ1) is 19.2. The largest absolute Gasteiger partial charge is 0.497 e. The minimum absolute atomic E-state index is 0.0172. The van der Waals surface area contributed by atoms with Gasteiger partial charge in [0.25, 0.3) is 11.8 Å². The zero-order chi connectivity index (χ0) is 20.5. The average molecular weight is 392 g/mol. The molecule has 0 atom stereocenters. The highest BCUT2D eigenvalue weighted by Crippen LogP contribution is 2.31. The molecule has 0 fully saturated rings. The smallest absolute Gasteiger partial charge is 0.261 e. The lowest BCUT2D eigenvalue weighted by Crippen LogP contribution is -2.36. The first-order chi connectivity index (χ1) is 14.0. The van der Waals surface area contributed by atoms with E-state index in [0.29, 0.717) is 24.1 Å². The van der Waals surface area contributed by atoms with Crippen LogP contribution in [0.25, 0.3) is 0 Å². The van der Waals surface area contributed by atoms with Crippen molar-refractivity contribution in [1.29, 1.82) is 0 Å². The van der Waals surface area contributed by atoms with E-state index in [1.807, 2.05) is 36.1 Å². The van der Waals surface area contributed by atoms with E-state index >= 15 is 0 Å². The van der Waals surface area contributed by atoms with Gasteiger partial charge < -0.3 is 9.64 Å². The summed E-state index contributed by atoms with van der Waals surface area (Å²) in [5, 5.41) is 0. The predicted molar refractivity (Wildman–Crippen MR) is 109 cm³/mol. The highest BCUT2D eigenvalue weighted by atomic mass is 16.5. The van der Waals surface area contributed by atoms with Gasteiger partial charge in [-0.2, -0.15) is 0 Å². The van der Waals surface area contributed by atoms with Crippen molar-refractivity contribution in [2.75, 3.05) is 25.1 Å². The minimum Gasteiger partial charge on any atom is -0.497 e. The van der Waals surface area contributed by atoms with Crippen LogP contribution in [0.1, 0.15) is 51.1 Å². The van der Waals surface area contributed by atoms with Crippen LogP contribution in [-0.2, 0) is 11.2 Å². The molecule has 6 nitrogen and oxygen atoms in total. The molecule has 6 heteroatoms. The molecule has 4 rings (SSSR count). The molecule has 2 heterocycles. The summed E-state index contributed by atoms with van der Waals surface area (Å²) >= 11 is 0. The Morgan fingerprint density at radius 3 is 2.66 bits per heavy atom. The van der Waals surface area contributed by atoms with Crippen molar-refractivity contribution in [3.8, 4) is 5.75 Å². The summed E-state index contributed by atoms with van der Waals surface area (Å²) in [6.07, 6.45) is 2.57. The molecule has 3 amide bonds. The highest BCUT2D eigenvalue weighted by Gasteiger charge is 2.35. The molecule has 29 heavy (non-hydrogen) atoms. The summed E-state index contributed by atoms with van der Waals surface area (Å²) in [7, 11) is 1.63. The number of rotatable bonds is 5. The molecule has 0 unspecified atom stereocenters. The fourth-order valence-corrected chi connectivity index (χ4v) is 4.09. The second kappa shape index (κ2) is 7.70. The molecule has 0 saturated heterocycles. The second-order valence-electron chi connectivity index (χ2n) is 7.56. The van der Waals surface area contributed by atoms with Gasteiger partial charge in [-0.3, -0.25) is 19.3 Å².